The van der Waals surface area contributed by atoms with E-state index in [1.54, 1.807) is 10.9 Å². The van der Waals surface area contributed by atoms with Crippen molar-refractivity contribution in [1.82, 2.24) is 15.1 Å². The predicted octanol–water partition coefficient (Wildman–Crippen LogP) is 1.60. The molecule has 2 heterocycles. The van der Waals surface area contributed by atoms with E-state index in [2.05, 4.69) is 38.2 Å². The molecule has 1 unspecified atom stereocenters. The van der Waals surface area contributed by atoms with Crippen molar-refractivity contribution >= 4 is 21.6 Å². The first-order valence-electron chi connectivity index (χ1n) is 6.85. The van der Waals surface area contributed by atoms with Crippen LogP contribution in [0.3, 0.4) is 0 Å². The Morgan fingerprint density at radius 2 is 2.37 bits per heavy atom. The molecule has 106 valence electrons. The Morgan fingerprint density at radius 1 is 1.58 bits per heavy atom. The quantitative estimate of drug-likeness (QED) is 0.892. The Morgan fingerprint density at radius 3 is 3.00 bits per heavy atom. The summed E-state index contributed by atoms with van der Waals surface area (Å²) in [6.45, 7) is 4.68. The van der Waals surface area contributed by atoms with Crippen LogP contribution in [0, 0.1) is 0 Å². The number of aromatic nitrogens is 2. The van der Waals surface area contributed by atoms with E-state index < -0.39 is 0 Å². The van der Waals surface area contributed by atoms with Gasteiger partial charge in [-0.15, -0.1) is 0 Å². The Labute approximate surface area is 122 Å². The van der Waals surface area contributed by atoms with Crippen LogP contribution in [0.25, 0.3) is 0 Å². The molecule has 1 aromatic heterocycles. The highest BCUT2D eigenvalue weighted by molar-refractivity contribution is 9.10. The third-order valence-electron chi connectivity index (χ3n) is 3.63. The van der Waals surface area contributed by atoms with Crippen molar-refractivity contribution < 1.29 is 0 Å². The Hall–Kier alpha value is -0.880. The summed E-state index contributed by atoms with van der Waals surface area (Å²) >= 11 is 3.44. The molecule has 5 nitrogen and oxygen atoms in total. The van der Waals surface area contributed by atoms with Crippen LogP contribution in [0.2, 0.25) is 0 Å². The summed E-state index contributed by atoms with van der Waals surface area (Å²) in [5.41, 5.74) is 0.884. The number of hydrogen-bond donors (Lipinski definition) is 1. The maximum atomic E-state index is 12.2. The Bertz CT molecular complexity index is 488. The number of hydrogen-bond acceptors (Lipinski definition) is 4. The zero-order valence-corrected chi connectivity index (χ0v) is 13.1. The average molecular weight is 329 g/mol. The summed E-state index contributed by atoms with van der Waals surface area (Å²) in [4.78, 5) is 14.4. The first kappa shape index (κ1) is 14.5. The summed E-state index contributed by atoms with van der Waals surface area (Å²) in [5.74, 6) is 0. The van der Waals surface area contributed by atoms with Crippen LogP contribution in [0.4, 0.5) is 5.69 Å². The van der Waals surface area contributed by atoms with Crippen molar-refractivity contribution in [2.75, 3.05) is 25.0 Å². The van der Waals surface area contributed by atoms with Gasteiger partial charge in [0.2, 0.25) is 0 Å². The molecule has 1 fully saturated rings. The van der Waals surface area contributed by atoms with Gasteiger partial charge in [0.05, 0.1) is 11.9 Å². The van der Waals surface area contributed by atoms with E-state index in [0.717, 1.165) is 38.0 Å². The molecule has 0 aliphatic carbocycles. The molecule has 1 atom stereocenters. The summed E-state index contributed by atoms with van der Waals surface area (Å²) < 4.78 is 2.18. The molecule has 6 heteroatoms. The highest BCUT2D eigenvalue weighted by Gasteiger charge is 2.24. The van der Waals surface area contributed by atoms with Gasteiger partial charge in [0.15, 0.2) is 0 Å². The number of likely N-dealkylation sites (N-methyl/N-ethyl adjacent to an activating group) is 1. The van der Waals surface area contributed by atoms with Crippen LogP contribution in [-0.4, -0.2) is 36.0 Å². The largest absolute Gasteiger partial charge is 0.368 e. The first-order valence-corrected chi connectivity index (χ1v) is 7.64. The fraction of sp³-hybridized carbons (Fsp3) is 0.692. The second-order valence-corrected chi connectivity index (χ2v) is 5.74. The Balaban J connectivity index is 2.19. The molecule has 0 radical (unpaired) electrons. The SMILES string of the molecule is CCCCn1ncc(N2CCC(NC)C2)c(Br)c1=O. The van der Waals surface area contributed by atoms with Gasteiger partial charge in [-0.1, -0.05) is 13.3 Å². The van der Waals surface area contributed by atoms with Crippen LogP contribution in [0.5, 0.6) is 0 Å². The zero-order valence-electron chi connectivity index (χ0n) is 11.5. The highest BCUT2D eigenvalue weighted by Crippen LogP contribution is 2.25. The van der Waals surface area contributed by atoms with Gasteiger partial charge in [-0.2, -0.15) is 5.10 Å². The minimum atomic E-state index is -0.0288. The minimum absolute atomic E-state index is 0.0288. The van der Waals surface area contributed by atoms with E-state index in [4.69, 9.17) is 0 Å². The van der Waals surface area contributed by atoms with Crippen molar-refractivity contribution in [3.8, 4) is 0 Å². The van der Waals surface area contributed by atoms with Gasteiger partial charge in [0.1, 0.15) is 4.47 Å². The molecule has 0 spiro atoms. The van der Waals surface area contributed by atoms with Gasteiger partial charge in [-0.3, -0.25) is 4.79 Å². The molecule has 2 rings (SSSR count). The molecule has 0 aromatic carbocycles. The van der Waals surface area contributed by atoms with E-state index in [0.29, 0.717) is 17.1 Å². The van der Waals surface area contributed by atoms with E-state index in [1.807, 2.05) is 7.05 Å². The van der Waals surface area contributed by atoms with Crippen molar-refractivity contribution in [2.24, 2.45) is 0 Å². The van der Waals surface area contributed by atoms with Crippen LogP contribution < -0.4 is 15.8 Å². The van der Waals surface area contributed by atoms with Crippen molar-refractivity contribution in [3.05, 3.63) is 21.0 Å². The zero-order chi connectivity index (χ0) is 13.8. The molecule has 0 saturated carbocycles. The molecule has 1 N–H and O–H groups in total. The fourth-order valence-corrected chi connectivity index (χ4v) is 2.92. The lowest BCUT2D eigenvalue weighted by atomic mass is 10.3. The average Bonchev–Trinajstić information content (AvgIpc) is 2.89. The smallest absolute Gasteiger partial charge is 0.283 e. The van der Waals surface area contributed by atoms with Gasteiger partial charge in [0.25, 0.3) is 5.56 Å². The molecular weight excluding hydrogens is 308 g/mol. The second kappa shape index (κ2) is 6.52. The number of rotatable bonds is 5. The summed E-state index contributed by atoms with van der Waals surface area (Å²) in [6, 6.07) is 0.495. The summed E-state index contributed by atoms with van der Waals surface area (Å²) in [5, 5.41) is 7.56. The van der Waals surface area contributed by atoms with E-state index in [-0.39, 0.29) is 5.56 Å². The lowest BCUT2D eigenvalue weighted by molar-refractivity contribution is 0.540. The molecule has 0 amide bonds. The van der Waals surface area contributed by atoms with Crippen molar-refractivity contribution in [1.29, 1.82) is 0 Å². The van der Waals surface area contributed by atoms with Crippen LogP contribution >= 0.6 is 15.9 Å². The second-order valence-electron chi connectivity index (χ2n) is 4.95. The number of anilines is 1. The van der Waals surface area contributed by atoms with Crippen LogP contribution in [0.1, 0.15) is 26.2 Å². The summed E-state index contributed by atoms with van der Waals surface area (Å²) in [6.07, 6.45) is 4.94. The predicted molar refractivity (Wildman–Crippen MR) is 80.8 cm³/mol. The number of nitrogens with zero attached hydrogens (tertiary/aromatic N) is 3. The van der Waals surface area contributed by atoms with Crippen molar-refractivity contribution in [3.63, 3.8) is 0 Å². The van der Waals surface area contributed by atoms with Gasteiger partial charge >= 0.3 is 0 Å². The molecule has 1 saturated heterocycles. The monoisotopic (exact) mass is 328 g/mol. The van der Waals surface area contributed by atoms with Gasteiger partial charge < -0.3 is 10.2 Å². The molecule has 19 heavy (non-hydrogen) atoms. The number of unbranched alkanes of at least 4 members (excludes halogenated alkanes) is 1. The lowest BCUT2D eigenvalue weighted by Gasteiger charge is -2.20. The maximum absolute atomic E-state index is 12.2. The van der Waals surface area contributed by atoms with Gasteiger partial charge in [0, 0.05) is 25.7 Å². The third-order valence-corrected chi connectivity index (χ3v) is 4.37. The maximum Gasteiger partial charge on any atom is 0.283 e. The van der Waals surface area contributed by atoms with E-state index >= 15 is 0 Å². The van der Waals surface area contributed by atoms with Gasteiger partial charge in [-0.25, -0.2) is 4.68 Å². The standard InChI is InChI=1S/C13H21BrN4O/c1-3-4-6-18-13(19)12(14)11(8-16-18)17-7-5-10(9-17)15-2/h8,10,15H,3-7,9H2,1-2H3. The molecule has 1 aliphatic heterocycles. The molecular formula is C13H21BrN4O. The van der Waals surface area contributed by atoms with E-state index in [9.17, 15) is 4.79 Å². The van der Waals surface area contributed by atoms with Crippen molar-refractivity contribution in [2.45, 2.75) is 38.8 Å². The fourth-order valence-electron chi connectivity index (χ4n) is 2.36. The number of halogens is 1. The number of nitrogens with one attached hydrogen (secondary N) is 1. The first-order chi connectivity index (χ1) is 9.17. The van der Waals surface area contributed by atoms with E-state index in [1.165, 1.54) is 0 Å². The summed E-state index contributed by atoms with van der Waals surface area (Å²) in [7, 11) is 1.98. The Kier molecular flexibility index (Phi) is 4.99. The molecule has 0 bridgehead atoms. The third kappa shape index (κ3) is 3.17. The van der Waals surface area contributed by atoms with Crippen LogP contribution in [0.15, 0.2) is 15.5 Å². The van der Waals surface area contributed by atoms with Crippen LogP contribution in [-0.2, 0) is 6.54 Å². The van der Waals surface area contributed by atoms with Gasteiger partial charge in [-0.05, 0) is 35.8 Å². The minimum Gasteiger partial charge on any atom is -0.368 e. The highest BCUT2D eigenvalue weighted by atomic mass is 79.9. The molecule has 1 aliphatic rings. The topological polar surface area (TPSA) is 50.2 Å². The molecule has 1 aromatic rings. The number of aryl methyl sites for hydroxylation is 1. The lowest BCUT2D eigenvalue weighted by Crippen LogP contribution is -2.32. The normalized spacial score (nSPS) is 19.1.